The van der Waals surface area contributed by atoms with Gasteiger partial charge in [0.25, 0.3) is 0 Å². The number of imidazole rings is 3. The van der Waals surface area contributed by atoms with Gasteiger partial charge in [-0.2, -0.15) is 0 Å². The Hall–Kier alpha value is -5.50. The first kappa shape index (κ1) is 58.2. The second-order valence-electron chi connectivity index (χ2n) is 19.8. The molecule has 79 heavy (non-hydrogen) atoms. The van der Waals surface area contributed by atoms with E-state index in [0.29, 0.717) is 6.42 Å². The Morgan fingerprint density at radius 2 is 1.09 bits per heavy atom. The zero-order valence-corrected chi connectivity index (χ0v) is 45.1. The summed E-state index contributed by atoms with van der Waals surface area (Å²) in [6, 6.07) is -1.17. The number of carbonyl (C=O) groups excluding carboxylic acids is 1. The smallest absolute Gasteiger partial charge is 0.394 e. The lowest BCUT2D eigenvalue weighted by atomic mass is 10.0. The van der Waals surface area contributed by atoms with E-state index in [-0.39, 0.29) is 69.7 Å². The zero-order chi connectivity index (χ0) is 55.8. The number of aliphatic hydroxyl groups is 3. The number of rotatable bonds is 29. The zero-order valence-electron chi connectivity index (χ0n) is 43.4. The molecule has 2 unspecified atom stereocenters. The molecule has 6 aromatic heterocycles. The molecule has 12 N–H and O–H groups in total. The van der Waals surface area contributed by atoms with Crippen LogP contribution in [0.5, 0.6) is 0 Å². The second kappa shape index (κ2) is 26.0. The van der Waals surface area contributed by atoms with E-state index >= 15 is 0 Å². The standard InChI is InChI=1S/C46H68N16O15P2/c1-2-3-4-5-6-7-8-9-10-11-12-13-14-15-30(64)59-31-29(75-45(36(31)66)61-24-57-33-39(48)51-21-54-42(33)61)19-72-78(67,68)76-27-16-26(73-44(27)60-23-56-32-38(47)50-20-53-41(32)60)18-71-79(69,70)77-37-35(65)28(17-63)74-46(37)62-25-58-34-40(49)52-22-55-43(34)62/h20-29,31,35-37,44-46,63,65-66H,2-19H2,1H3,(H,59,64)(H,67,68)(H,69,70)(H2,47,50,53)(H2,48,51,54)(H2,49,52,55)/t26-,27+,28+,29+,31+,35+,36+,37+,44+,45+,46+/m0/s1. The first-order valence-corrected chi connectivity index (χ1v) is 29.4. The van der Waals surface area contributed by atoms with Gasteiger partial charge < -0.3 is 61.8 Å². The number of hydrogen-bond acceptors (Lipinski definition) is 25. The summed E-state index contributed by atoms with van der Waals surface area (Å²) in [7, 11) is -10.3. The largest absolute Gasteiger partial charge is 0.472 e. The van der Waals surface area contributed by atoms with Crippen molar-refractivity contribution in [3.8, 4) is 0 Å². The minimum absolute atomic E-state index is 0.00992. The van der Waals surface area contributed by atoms with Crippen molar-refractivity contribution in [1.82, 2.24) is 63.9 Å². The number of phosphoric acid groups is 2. The molecule has 3 aliphatic heterocycles. The van der Waals surface area contributed by atoms with Crippen molar-refractivity contribution in [2.24, 2.45) is 0 Å². The summed E-state index contributed by atoms with van der Waals surface area (Å²) >= 11 is 0. The average molecular weight is 1150 g/mol. The molecule has 1 amide bonds. The molecule has 0 saturated carbocycles. The van der Waals surface area contributed by atoms with Crippen LogP contribution >= 0.6 is 15.6 Å². The van der Waals surface area contributed by atoms with Crippen LogP contribution in [0.2, 0.25) is 0 Å². The number of aromatic nitrogens is 12. The number of ether oxygens (including phenoxy) is 3. The number of nitrogen functional groups attached to an aromatic ring is 3. The monoisotopic (exact) mass is 1150 g/mol. The molecule has 3 aliphatic rings. The minimum Gasteiger partial charge on any atom is -0.394 e. The highest BCUT2D eigenvalue weighted by atomic mass is 31.2. The molecule has 13 atom stereocenters. The van der Waals surface area contributed by atoms with Gasteiger partial charge in [0.05, 0.1) is 50.9 Å². The van der Waals surface area contributed by atoms with E-state index in [1.807, 2.05) is 0 Å². The number of amides is 1. The van der Waals surface area contributed by atoms with E-state index in [9.17, 15) is 39.0 Å². The molecular weight excluding hydrogens is 1080 g/mol. The third kappa shape index (κ3) is 13.6. The maximum Gasteiger partial charge on any atom is 0.472 e. The van der Waals surface area contributed by atoms with Crippen LogP contribution in [-0.4, -0.2) is 158 Å². The molecular formula is C46H68N16O15P2. The maximum absolute atomic E-state index is 14.1. The fourth-order valence-electron chi connectivity index (χ4n) is 10.1. The second-order valence-corrected chi connectivity index (χ2v) is 22.6. The van der Waals surface area contributed by atoms with Gasteiger partial charge in [-0.15, -0.1) is 0 Å². The highest BCUT2D eigenvalue weighted by molar-refractivity contribution is 7.47. The van der Waals surface area contributed by atoms with Crippen molar-refractivity contribution in [3.05, 3.63) is 38.0 Å². The highest BCUT2D eigenvalue weighted by Gasteiger charge is 2.51. The van der Waals surface area contributed by atoms with Crippen LogP contribution in [0, 0.1) is 0 Å². The number of nitrogens with one attached hydrogen (secondary N) is 1. The lowest BCUT2D eigenvalue weighted by Crippen LogP contribution is -2.48. The van der Waals surface area contributed by atoms with Gasteiger partial charge in [0.2, 0.25) is 5.91 Å². The van der Waals surface area contributed by atoms with Crippen LogP contribution < -0.4 is 22.5 Å². The van der Waals surface area contributed by atoms with Crippen molar-refractivity contribution >= 4 is 72.5 Å². The van der Waals surface area contributed by atoms with Crippen molar-refractivity contribution in [3.63, 3.8) is 0 Å². The summed E-state index contributed by atoms with van der Waals surface area (Å²) in [6.45, 7) is 0.118. The molecule has 0 radical (unpaired) electrons. The van der Waals surface area contributed by atoms with Crippen molar-refractivity contribution < 1.29 is 71.3 Å². The quantitative estimate of drug-likeness (QED) is 0.0241. The Labute approximate surface area is 452 Å². The van der Waals surface area contributed by atoms with Gasteiger partial charge in [-0.3, -0.25) is 36.6 Å². The third-order valence-corrected chi connectivity index (χ3v) is 16.2. The van der Waals surface area contributed by atoms with E-state index in [1.54, 1.807) is 0 Å². The number of carbonyl (C=O) groups is 1. The lowest BCUT2D eigenvalue weighted by Gasteiger charge is -2.25. The number of anilines is 3. The van der Waals surface area contributed by atoms with Crippen molar-refractivity contribution in [2.45, 2.75) is 171 Å². The predicted octanol–water partition coefficient (Wildman–Crippen LogP) is 3.02. The first-order chi connectivity index (χ1) is 38.1. The molecule has 0 spiro atoms. The lowest BCUT2D eigenvalue weighted by molar-refractivity contribution is -0.123. The van der Waals surface area contributed by atoms with Crippen molar-refractivity contribution in [2.75, 3.05) is 37.0 Å². The topological polar surface area (TPSA) is 438 Å². The van der Waals surface area contributed by atoms with Crippen LogP contribution in [0.15, 0.2) is 38.0 Å². The van der Waals surface area contributed by atoms with E-state index in [2.05, 4.69) is 57.1 Å². The molecule has 9 rings (SSSR count). The minimum atomic E-state index is -5.18. The fraction of sp³-hybridized carbons (Fsp3) is 0.652. The van der Waals surface area contributed by atoms with Gasteiger partial charge >= 0.3 is 15.6 Å². The van der Waals surface area contributed by atoms with Gasteiger partial charge in [0.1, 0.15) is 72.2 Å². The molecule has 3 saturated heterocycles. The first-order valence-electron chi connectivity index (χ1n) is 26.4. The number of phosphoric ester groups is 2. The molecule has 9 heterocycles. The molecule has 0 aromatic carbocycles. The molecule has 31 nitrogen and oxygen atoms in total. The Bertz CT molecular complexity index is 3100. The number of nitrogens with zero attached hydrogens (tertiary/aromatic N) is 12. The summed E-state index contributed by atoms with van der Waals surface area (Å²) in [4.78, 5) is 73.2. The summed E-state index contributed by atoms with van der Waals surface area (Å²) < 4.78 is 72.4. The Morgan fingerprint density at radius 3 is 1.62 bits per heavy atom. The van der Waals surface area contributed by atoms with Gasteiger partial charge in [0, 0.05) is 12.8 Å². The van der Waals surface area contributed by atoms with Crippen LogP contribution in [0.4, 0.5) is 17.5 Å². The number of unbranched alkanes of at least 4 members (excludes halogenated alkanes) is 12. The predicted molar refractivity (Wildman–Crippen MR) is 278 cm³/mol. The Morgan fingerprint density at radius 1 is 0.620 bits per heavy atom. The summed E-state index contributed by atoms with van der Waals surface area (Å²) in [5.74, 6) is -0.268. The van der Waals surface area contributed by atoms with Gasteiger partial charge in [-0.1, -0.05) is 84.0 Å². The molecule has 0 aliphatic carbocycles. The Balaban J connectivity index is 0.852. The van der Waals surface area contributed by atoms with Gasteiger partial charge in [-0.25, -0.2) is 54.0 Å². The van der Waals surface area contributed by atoms with E-state index in [1.165, 1.54) is 90.4 Å². The highest BCUT2D eigenvalue weighted by Crippen LogP contribution is 2.53. The van der Waals surface area contributed by atoms with Gasteiger partial charge in [0.15, 0.2) is 53.1 Å². The molecule has 432 valence electrons. The third-order valence-electron chi connectivity index (χ3n) is 14.2. The normalized spacial score (nSPS) is 26.8. The van der Waals surface area contributed by atoms with Crippen molar-refractivity contribution in [1.29, 1.82) is 0 Å². The van der Waals surface area contributed by atoms with Crippen LogP contribution in [-0.2, 0) is 46.2 Å². The van der Waals surface area contributed by atoms with Crippen LogP contribution in [0.3, 0.4) is 0 Å². The molecule has 0 bridgehead atoms. The number of nitrogens with two attached hydrogens (primary N) is 3. The summed E-state index contributed by atoms with van der Waals surface area (Å²) in [5, 5.41) is 35.7. The van der Waals surface area contributed by atoms with E-state index in [4.69, 9.17) is 49.5 Å². The van der Waals surface area contributed by atoms with Gasteiger partial charge in [-0.05, 0) is 6.42 Å². The number of hydrogen-bond donors (Lipinski definition) is 9. The van der Waals surface area contributed by atoms with E-state index in [0.717, 1.165) is 38.3 Å². The van der Waals surface area contributed by atoms with Crippen LogP contribution in [0.25, 0.3) is 33.5 Å². The van der Waals surface area contributed by atoms with E-state index < -0.39 is 103 Å². The SMILES string of the molecule is CCCCCCCCCCCCCCCC(=O)N[C@H]1[C@@H](O)[C@H](n2cnc3c(N)ncnc32)O[C@@H]1COP(=O)(O)O[C@@H]1C[C@@H](COP(=O)(O)O[C@@H]2[C@H](O)[C@@H](CO)O[C@H]2n2cnc3c(N)ncnc32)O[C@H]1n1cnc2c(N)ncnc21. The summed E-state index contributed by atoms with van der Waals surface area (Å²) in [5.41, 5.74) is 19.1. The number of aliphatic hydroxyl groups excluding tert-OH is 3. The fourth-order valence-corrected chi connectivity index (χ4v) is 12.0. The molecule has 6 aromatic rings. The number of fused-ring (bicyclic) bond motifs is 3. The van der Waals surface area contributed by atoms with Crippen LogP contribution in [0.1, 0.15) is 122 Å². The Kier molecular flexibility index (Phi) is 19.1. The maximum atomic E-state index is 14.1. The molecule has 3 fully saturated rings. The average Bonchev–Trinajstić information content (AvgIpc) is 4.51. The molecule has 33 heteroatoms. The summed E-state index contributed by atoms with van der Waals surface area (Å²) in [6.07, 6.45) is 8.20.